The lowest BCUT2D eigenvalue weighted by atomic mass is 9.82. The fourth-order valence-electron chi connectivity index (χ4n) is 1.83. The average molecular weight is 156 g/mol. The topological polar surface area (TPSA) is 9.23 Å². The van der Waals surface area contributed by atoms with Crippen molar-refractivity contribution in [1.82, 2.24) is 0 Å². The molecule has 0 radical (unpaired) electrons. The van der Waals surface area contributed by atoms with E-state index in [0.29, 0.717) is 5.41 Å². The number of rotatable bonds is 1. The number of hydrogen-bond donors (Lipinski definition) is 0. The van der Waals surface area contributed by atoms with Crippen molar-refractivity contribution >= 4 is 0 Å². The van der Waals surface area contributed by atoms with E-state index in [1.807, 2.05) is 0 Å². The Kier molecular flexibility index (Phi) is 2.94. The largest absolute Gasteiger partial charge is 0.381 e. The molecule has 0 spiro atoms. The maximum atomic E-state index is 5.43. The molecule has 0 aromatic carbocycles. The summed E-state index contributed by atoms with van der Waals surface area (Å²) < 4.78 is 5.43. The summed E-state index contributed by atoms with van der Waals surface area (Å²) in [5, 5.41) is 0. The van der Waals surface area contributed by atoms with E-state index in [9.17, 15) is 0 Å². The molecule has 1 nitrogen and oxygen atoms in total. The zero-order valence-corrected chi connectivity index (χ0v) is 8.02. The Balaban J connectivity index is 2.24. The highest BCUT2D eigenvalue weighted by molar-refractivity contribution is 4.71. The van der Waals surface area contributed by atoms with Crippen molar-refractivity contribution < 1.29 is 4.74 Å². The SMILES string of the molecule is CC(C)(C)C[C@@H]1CCCOC1. The molecule has 0 unspecified atom stereocenters. The van der Waals surface area contributed by atoms with E-state index in [2.05, 4.69) is 20.8 Å². The van der Waals surface area contributed by atoms with Crippen molar-refractivity contribution in [2.45, 2.75) is 40.0 Å². The van der Waals surface area contributed by atoms with Crippen LogP contribution in [-0.4, -0.2) is 13.2 Å². The van der Waals surface area contributed by atoms with Crippen LogP contribution in [0.3, 0.4) is 0 Å². The van der Waals surface area contributed by atoms with Crippen LogP contribution >= 0.6 is 0 Å². The first kappa shape index (κ1) is 9.05. The summed E-state index contributed by atoms with van der Waals surface area (Å²) in [6.45, 7) is 8.91. The Labute approximate surface area is 70.1 Å². The van der Waals surface area contributed by atoms with Gasteiger partial charge >= 0.3 is 0 Å². The van der Waals surface area contributed by atoms with Crippen LogP contribution in [0.25, 0.3) is 0 Å². The van der Waals surface area contributed by atoms with Gasteiger partial charge in [0, 0.05) is 13.2 Å². The molecular weight excluding hydrogens is 136 g/mol. The van der Waals surface area contributed by atoms with Crippen LogP contribution in [0.2, 0.25) is 0 Å². The third-order valence-electron chi connectivity index (χ3n) is 2.16. The minimum atomic E-state index is 0.478. The summed E-state index contributed by atoms with van der Waals surface area (Å²) in [5.74, 6) is 0.823. The van der Waals surface area contributed by atoms with Crippen LogP contribution < -0.4 is 0 Å². The fraction of sp³-hybridized carbons (Fsp3) is 1.00. The van der Waals surface area contributed by atoms with Crippen LogP contribution in [0, 0.1) is 11.3 Å². The Morgan fingerprint density at radius 3 is 2.55 bits per heavy atom. The standard InChI is InChI=1S/C10H20O/c1-10(2,3)7-9-5-4-6-11-8-9/h9H,4-8H2,1-3H3/t9-/m0/s1. The Hall–Kier alpha value is -0.0400. The van der Waals surface area contributed by atoms with Crippen molar-refractivity contribution in [3.63, 3.8) is 0 Å². The fourth-order valence-corrected chi connectivity index (χ4v) is 1.83. The Morgan fingerprint density at radius 1 is 1.36 bits per heavy atom. The summed E-state index contributed by atoms with van der Waals surface area (Å²) >= 11 is 0. The smallest absolute Gasteiger partial charge is 0.0494 e. The lowest BCUT2D eigenvalue weighted by Crippen LogP contribution is -2.22. The molecule has 0 aliphatic carbocycles. The summed E-state index contributed by atoms with van der Waals surface area (Å²) in [6.07, 6.45) is 3.95. The van der Waals surface area contributed by atoms with Crippen LogP contribution in [0.15, 0.2) is 0 Å². The van der Waals surface area contributed by atoms with Gasteiger partial charge in [0.25, 0.3) is 0 Å². The second-order valence-electron chi connectivity index (χ2n) is 4.85. The van der Waals surface area contributed by atoms with E-state index in [1.54, 1.807) is 0 Å². The highest BCUT2D eigenvalue weighted by Crippen LogP contribution is 2.28. The summed E-state index contributed by atoms with van der Waals surface area (Å²) in [7, 11) is 0. The van der Waals surface area contributed by atoms with Crippen molar-refractivity contribution in [3.8, 4) is 0 Å². The maximum Gasteiger partial charge on any atom is 0.0494 e. The average Bonchev–Trinajstić information content (AvgIpc) is 1.85. The first-order valence-electron chi connectivity index (χ1n) is 4.66. The van der Waals surface area contributed by atoms with E-state index in [0.717, 1.165) is 19.1 Å². The van der Waals surface area contributed by atoms with Gasteiger partial charge in [-0.2, -0.15) is 0 Å². The molecule has 11 heavy (non-hydrogen) atoms. The zero-order chi connectivity index (χ0) is 8.32. The van der Waals surface area contributed by atoms with Crippen LogP contribution in [0.4, 0.5) is 0 Å². The third-order valence-corrected chi connectivity index (χ3v) is 2.16. The molecule has 1 rings (SSSR count). The highest BCUT2D eigenvalue weighted by Gasteiger charge is 2.20. The minimum absolute atomic E-state index is 0.478. The van der Waals surface area contributed by atoms with Gasteiger partial charge in [0.1, 0.15) is 0 Å². The van der Waals surface area contributed by atoms with E-state index < -0.39 is 0 Å². The van der Waals surface area contributed by atoms with Gasteiger partial charge in [-0.3, -0.25) is 0 Å². The molecule has 0 amide bonds. The molecule has 1 aliphatic rings. The van der Waals surface area contributed by atoms with Crippen LogP contribution in [0.1, 0.15) is 40.0 Å². The molecule has 1 heteroatoms. The molecule has 1 saturated heterocycles. The molecule has 0 saturated carbocycles. The molecule has 66 valence electrons. The quantitative estimate of drug-likeness (QED) is 0.567. The first-order chi connectivity index (χ1) is 5.08. The van der Waals surface area contributed by atoms with E-state index in [1.165, 1.54) is 19.3 Å². The molecule has 1 aliphatic heterocycles. The molecule has 1 heterocycles. The minimum Gasteiger partial charge on any atom is -0.381 e. The van der Waals surface area contributed by atoms with Gasteiger partial charge in [-0.05, 0) is 30.6 Å². The summed E-state index contributed by atoms with van der Waals surface area (Å²) in [6, 6.07) is 0. The highest BCUT2D eigenvalue weighted by atomic mass is 16.5. The predicted octanol–water partition coefficient (Wildman–Crippen LogP) is 2.85. The Bertz CT molecular complexity index is 107. The van der Waals surface area contributed by atoms with Gasteiger partial charge in [0.05, 0.1) is 0 Å². The molecule has 1 atom stereocenters. The zero-order valence-electron chi connectivity index (χ0n) is 8.02. The molecular formula is C10H20O. The summed E-state index contributed by atoms with van der Waals surface area (Å²) in [5.41, 5.74) is 0.478. The van der Waals surface area contributed by atoms with E-state index in [4.69, 9.17) is 4.74 Å². The van der Waals surface area contributed by atoms with Crippen molar-refractivity contribution in [2.75, 3.05) is 13.2 Å². The number of ether oxygens (including phenoxy) is 1. The molecule has 0 bridgehead atoms. The van der Waals surface area contributed by atoms with Crippen LogP contribution in [0.5, 0.6) is 0 Å². The van der Waals surface area contributed by atoms with E-state index in [-0.39, 0.29) is 0 Å². The molecule has 0 N–H and O–H groups in total. The predicted molar refractivity (Wildman–Crippen MR) is 47.6 cm³/mol. The van der Waals surface area contributed by atoms with Gasteiger partial charge < -0.3 is 4.74 Å². The first-order valence-corrected chi connectivity index (χ1v) is 4.66. The van der Waals surface area contributed by atoms with Crippen molar-refractivity contribution in [1.29, 1.82) is 0 Å². The molecule has 0 aromatic rings. The monoisotopic (exact) mass is 156 g/mol. The Morgan fingerprint density at radius 2 is 2.09 bits per heavy atom. The van der Waals surface area contributed by atoms with Gasteiger partial charge in [0.15, 0.2) is 0 Å². The van der Waals surface area contributed by atoms with Gasteiger partial charge in [0.2, 0.25) is 0 Å². The van der Waals surface area contributed by atoms with Gasteiger partial charge in [-0.25, -0.2) is 0 Å². The molecule has 1 fully saturated rings. The van der Waals surface area contributed by atoms with Crippen LogP contribution in [-0.2, 0) is 4.74 Å². The second-order valence-corrected chi connectivity index (χ2v) is 4.85. The maximum absolute atomic E-state index is 5.43. The number of hydrogen-bond acceptors (Lipinski definition) is 1. The molecule has 0 aromatic heterocycles. The lowest BCUT2D eigenvalue weighted by Gasteiger charge is -2.28. The second kappa shape index (κ2) is 3.57. The normalized spacial score (nSPS) is 27.0. The van der Waals surface area contributed by atoms with E-state index >= 15 is 0 Å². The summed E-state index contributed by atoms with van der Waals surface area (Å²) in [4.78, 5) is 0. The van der Waals surface area contributed by atoms with Gasteiger partial charge in [-0.1, -0.05) is 20.8 Å². The van der Waals surface area contributed by atoms with Gasteiger partial charge in [-0.15, -0.1) is 0 Å². The third kappa shape index (κ3) is 3.76. The van der Waals surface area contributed by atoms with Crippen molar-refractivity contribution in [3.05, 3.63) is 0 Å². The lowest BCUT2D eigenvalue weighted by molar-refractivity contribution is 0.0387. The van der Waals surface area contributed by atoms with Crippen molar-refractivity contribution in [2.24, 2.45) is 11.3 Å².